The first-order valence-corrected chi connectivity index (χ1v) is 8.18. The molecule has 0 unspecified atom stereocenters. The Balaban J connectivity index is 1.70. The van der Waals surface area contributed by atoms with Gasteiger partial charge in [-0.3, -0.25) is 4.79 Å². The van der Waals surface area contributed by atoms with E-state index in [1.165, 1.54) is 29.2 Å². The first kappa shape index (κ1) is 13.5. The van der Waals surface area contributed by atoms with Crippen LogP contribution in [0.4, 0.5) is 5.13 Å². The number of benzene rings is 1. The first-order chi connectivity index (χ1) is 10.6. The van der Waals surface area contributed by atoms with E-state index in [1.807, 2.05) is 38.1 Å². The number of anilines is 1. The van der Waals surface area contributed by atoms with E-state index < -0.39 is 0 Å². The number of hydrogen-bond donors (Lipinski definition) is 1. The van der Waals surface area contributed by atoms with Crippen LogP contribution >= 0.6 is 11.3 Å². The first-order valence-electron chi connectivity index (χ1n) is 7.36. The molecule has 5 nitrogen and oxygen atoms in total. The summed E-state index contributed by atoms with van der Waals surface area (Å²) >= 11 is 1.48. The number of hydrazone groups is 1. The largest absolute Gasteiger partial charge is 0.385 e. The summed E-state index contributed by atoms with van der Waals surface area (Å²) in [5, 5.41) is 9.85. The lowest BCUT2D eigenvalue weighted by Crippen LogP contribution is -2.25. The highest BCUT2D eigenvalue weighted by Gasteiger charge is 2.33. The SMILES string of the molecule is CC1=NN(c2nc3ccccc3s2)C(=O)/C1=C(/C)NC1CC1. The molecule has 6 heteroatoms. The average Bonchev–Trinajstić information content (AvgIpc) is 3.11. The molecule has 0 atom stereocenters. The van der Waals surface area contributed by atoms with Crippen LogP contribution in [0, 0.1) is 0 Å². The molecule has 4 rings (SSSR count). The molecule has 2 aromatic rings. The van der Waals surface area contributed by atoms with E-state index in [2.05, 4.69) is 15.4 Å². The van der Waals surface area contributed by atoms with Crippen molar-refractivity contribution in [2.75, 3.05) is 5.01 Å². The lowest BCUT2D eigenvalue weighted by atomic mass is 10.1. The number of amides is 1. The topological polar surface area (TPSA) is 57.6 Å². The maximum Gasteiger partial charge on any atom is 0.284 e. The minimum atomic E-state index is -0.0952. The maximum atomic E-state index is 12.7. The van der Waals surface area contributed by atoms with Gasteiger partial charge < -0.3 is 5.32 Å². The van der Waals surface area contributed by atoms with Gasteiger partial charge in [-0.05, 0) is 38.8 Å². The summed E-state index contributed by atoms with van der Waals surface area (Å²) in [5.41, 5.74) is 3.23. The fourth-order valence-electron chi connectivity index (χ4n) is 2.62. The van der Waals surface area contributed by atoms with Crippen molar-refractivity contribution in [3.05, 3.63) is 35.5 Å². The molecule has 1 N–H and O–H groups in total. The number of nitrogens with zero attached hydrogens (tertiary/aromatic N) is 3. The number of carbonyl (C=O) groups excluding carboxylic acids is 1. The van der Waals surface area contributed by atoms with Crippen LogP contribution in [0.1, 0.15) is 26.7 Å². The van der Waals surface area contributed by atoms with Gasteiger partial charge in [0.2, 0.25) is 5.13 Å². The zero-order valence-corrected chi connectivity index (χ0v) is 13.3. The van der Waals surface area contributed by atoms with E-state index in [4.69, 9.17) is 0 Å². The number of para-hydroxylation sites is 1. The number of rotatable bonds is 3. The van der Waals surface area contributed by atoms with Gasteiger partial charge in [-0.2, -0.15) is 10.1 Å². The van der Waals surface area contributed by atoms with E-state index in [0.717, 1.165) is 21.6 Å². The maximum absolute atomic E-state index is 12.7. The Kier molecular flexibility index (Phi) is 3.00. The molecule has 1 aliphatic carbocycles. The van der Waals surface area contributed by atoms with Crippen LogP contribution in [0.5, 0.6) is 0 Å². The van der Waals surface area contributed by atoms with E-state index in [1.54, 1.807) is 0 Å². The number of carbonyl (C=O) groups is 1. The normalized spacial score (nSPS) is 20.5. The van der Waals surface area contributed by atoms with Crippen molar-refractivity contribution in [2.45, 2.75) is 32.7 Å². The van der Waals surface area contributed by atoms with Crippen molar-refractivity contribution >= 4 is 38.3 Å². The second-order valence-electron chi connectivity index (χ2n) is 5.69. The fraction of sp³-hybridized carbons (Fsp3) is 0.312. The van der Waals surface area contributed by atoms with Gasteiger partial charge in [-0.25, -0.2) is 4.98 Å². The molecule has 0 spiro atoms. The highest BCUT2D eigenvalue weighted by molar-refractivity contribution is 7.22. The van der Waals surface area contributed by atoms with Crippen molar-refractivity contribution in [1.29, 1.82) is 0 Å². The van der Waals surface area contributed by atoms with Crippen LogP contribution in [0.2, 0.25) is 0 Å². The molecule has 1 aliphatic heterocycles. The van der Waals surface area contributed by atoms with Gasteiger partial charge in [0.25, 0.3) is 5.91 Å². The number of fused-ring (bicyclic) bond motifs is 1. The number of allylic oxidation sites excluding steroid dienone is 1. The van der Waals surface area contributed by atoms with Crippen molar-refractivity contribution in [3.63, 3.8) is 0 Å². The molecule has 0 radical (unpaired) electrons. The second-order valence-corrected chi connectivity index (χ2v) is 6.69. The molecule has 1 aromatic carbocycles. The summed E-state index contributed by atoms with van der Waals surface area (Å²) in [4.78, 5) is 17.2. The predicted molar refractivity (Wildman–Crippen MR) is 89.1 cm³/mol. The molecular formula is C16H16N4OS. The van der Waals surface area contributed by atoms with Crippen LogP contribution in [0.15, 0.2) is 40.6 Å². The molecule has 1 fully saturated rings. The minimum Gasteiger partial charge on any atom is -0.385 e. The van der Waals surface area contributed by atoms with E-state index in [-0.39, 0.29) is 5.91 Å². The third-order valence-corrected chi connectivity index (χ3v) is 4.87. The van der Waals surface area contributed by atoms with Gasteiger partial charge in [0.05, 0.1) is 21.5 Å². The van der Waals surface area contributed by atoms with Crippen LogP contribution in [-0.4, -0.2) is 22.6 Å². The second kappa shape index (κ2) is 4.91. The summed E-state index contributed by atoms with van der Waals surface area (Å²) in [6, 6.07) is 8.39. The molecule has 2 heterocycles. The molecule has 1 amide bonds. The molecule has 1 saturated carbocycles. The molecule has 0 saturated heterocycles. The fourth-order valence-corrected chi connectivity index (χ4v) is 3.54. The minimum absolute atomic E-state index is 0.0952. The Morgan fingerprint density at radius 3 is 2.86 bits per heavy atom. The molecule has 1 aromatic heterocycles. The average molecular weight is 312 g/mol. The quantitative estimate of drug-likeness (QED) is 0.886. The van der Waals surface area contributed by atoms with Crippen molar-refractivity contribution in [3.8, 4) is 0 Å². The molecule has 22 heavy (non-hydrogen) atoms. The van der Waals surface area contributed by atoms with E-state index in [0.29, 0.717) is 16.7 Å². The Labute approximate surface area is 132 Å². The van der Waals surface area contributed by atoms with Crippen molar-refractivity contribution in [1.82, 2.24) is 10.3 Å². The summed E-state index contributed by atoms with van der Waals surface area (Å²) in [7, 11) is 0. The molecular weight excluding hydrogens is 296 g/mol. The van der Waals surface area contributed by atoms with Crippen LogP contribution in [0.25, 0.3) is 10.2 Å². The zero-order valence-electron chi connectivity index (χ0n) is 12.5. The Morgan fingerprint density at radius 1 is 1.36 bits per heavy atom. The van der Waals surface area contributed by atoms with Gasteiger partial charge in [-0.15, -0.1) is 0 Å². The van der Waals surface area contributed by atoms with Crippen LogP contribution < -0.4 is 10.3 Å². The summed E-state index contributed by atoms with van der Waals surface area (Å²) in [6.07, 6.45) is 2.35. The smallest absolute Gasteiger partial charge is 0.284 e. The Bertz CT molecular complexity index is 799. The Hall–Kier alpha value is -2.21. The van der Waals surface area contributed by atoms with Gasteiger partial charge >= 0.3 is 0 Å². The third-order valence-electron chi connectivity index (χ3n) is 3.85. The summed E-state index contributed by atoms with van der Waals surface area (Å²) in [5.74, 6) is -0.0952. The van der Waals surface area contributed by atoms with Gasteiger partial charge in [-0.1, -0.05) is 23.5 Å². The number of nitrogens with one attached hydrogen (secondary N) is 1. The van der Waals surface area contributed by atoms with Gasteiger partial charge in [0.1, 0.15) is 0 Å². The summed E-state index contributed by atoms with van der Waals surface area (Å²) in [6.45, 7) is 3.82. The van der Waals surface area contributed by atoms with Gasteiger partial charge in [0, 0.05) is 11.7 Å². The lowest BCUT2D eigenvalue weighted by Gasteiger charge is -2.10. The zero-order chi connectivity index (χ0) is 15.3. The summed E-state index contributed by atoms with van der Waals surface area (Å²) < 4.78 is 1.06. The number of thiazole rings is 1. The highest BCUT2D eigenvalue weighted by atomic mass is 32.1. The number of aromatic nitrogens is 1. The van der Waals surface area contributed by atoms with Crippen LogP contribution in [0.3, 0.4) is 0 Å². The van der Waals surface area contributed by atoms with E-state index in [9.17, 15) is 4.79 Å². The lowest BCUT2D eigenvalue weighted by molar-refractivity contribution is -0.114. The van der Waals surface area contributed by atoms with E-state index >= 15 is 0 Å². The Morgan fingerprint density at radius 2 is 2.14 bits per heavy atom. The molecule has 0 bridgehead atoms. The molecule has 2 aliphatic rings. The van der Waals surface area contributed by atoms with Crippen molar-refractivity contribution < 1.29 is 4.79 Å². The highest BCUT2D eigenvalue weighted by Crippen LogP contribution is 2.32. The number of hydrogen-bond acceptors (Lipinski definition) is 5. The predicted octanol–water partition coefficient (Wildman–Crippen LogP) is 3.04. The van der Waals surface area contributed by atoms with Gasteiger partial charge in [0.15, 0.2) is 0 Å². The monoisotopic (exact) mass is 312 g/mol. The standard InChI is InChI=1S/C16H16N4OS/c1-9(17-11-7-8-11)14-10(2)19-20(15(14)21)16-18-12-5-3-4-6-13(12)22-16/h3-6,11,17H,7-8H2,1-2H3/b14-9-. The molecule has 112 valence electrons. The van der Waals surface area contributed by atoms with Crippen LogP contribution in [-0.2, 0) is 4.79 Å². The third kappa shape index (κ3) is 2.20. The van der Waals surface area contributed by atoms with Crippen molar-refractivity contribution in [2.24, 2.45) is 5.10 Å².